The molecule has 5 nitrogen and oxygen atoms in total. The Kier molecular flexibility index (Phi) is 3.31. The highest BCUT2D eigenvalue weighted by Gasteiger charge is 2.46. The Labute approximate surface area is 133 Å². The van der Waals surface area contributed by atoms with Crippen LogP contribution in [0.25, 0.3) is 10.2 Å². The van der Waals surface area contributed by atoms with Crippen LogP contribution in [0.15, 0.2) is 24.3 Å². The van der Waals surface area contributed by atoms with Gasteiger partial charge < -0.3 is 9.64 Å². The molecule has 22 heavy (non-hydrogen) atoms. The number of hydrogen-bond acceptors (Lipinski definition) is 5. The molecule has 1 unspecified atom stereocenters. The second-order valence-electron chi connectivity index (χ2n) is 6.30. The van der Waals surface area contributed by atoms with Crippen molar-refractivity contribution in [1.82, 2.24) is 14.8 Å². The molecule has 1 amide bonds. The largest absolute Gasteiger partial charge is 0.440 e. The number of aromatic nitrogens is 1. The molecular formula is C16H19N3O2S. The molecule has 3 heterocycles. The molecule has 1 aromatic heterocycles. The zero-order valence-electron chi connectivity index (χ0n) is 12.6. The van der Waals surface area contributed by atoms with Crippen LogP contribution in [0.3, 0.4) is 0 Å². The van der Waals surface area contributed by atoms with E-state index in [9.17, 15) is 4.79 Å². The molecule has 1 atom stereocenters. The molecule has 2 fully saturated rings. The van der Waals surface area contributed by atoms with E-state index in [-0.39, 0.29) is 11.7 Å². The normalized spacial score (nSPS) is 26.0. The topological polar surface area (TPSA) is 45.7 Å². The lowest BCUT2D eigenvalue weighted by Crippen LogP contribution is -2.50. The number of para-hydroxylation sites is 1. The lowest BCUT2D eigenvalue weighted by Gasteiger charge is -2.37. The number of likely N-dealkylation sites (tertiary alicyclic amines) is 1. The summed E-state index contributed by atoms with van der Waals surface area (Å²) >= 11 is 1.75. The van der Waals surface area contributed by atoms with Crippen molar-refractivity contribution in [2.45, 2.75) is 25.0 Å². The van der Waals surface area contributed by atoms with Crippen molar-refractivity contribution in [3.8, 4) is 0 Å². The van der Waals surface area contributed by atoms with Crippen molar-refractivity contribution in [2.75, 3.05) is 26.7 Å². The fraction of sp³-hybridized carbons (Fsp3) is 0.500. The van der Waals surface area contributed by atoms with Crippen LogP contribution in [0.5, 0.6) is 0 Å². The Morgan fingerprint density at radius 2 is 2.23 bits per heavy atom. The monoisotopic (exact) mass is 317 g/mol. The highest BCUT2D eigenvalue weighted by Crippen LogP contribution is 2.32. The summed E-state index contributed by atoms with van der Waals surface area (Å²) in [5, 5.41) is 1.14. The van der Waals surface area contributed by atoms with E-state index < -0.39 is 0 Å². The number of carbonyl (C=O) groups is 1. The first-order valence-corrected chi connectivity index (χ1v) is 8.46. The van der Waals surface area contributed by atoms with Crippen molar-refractivity contribution in [1.29, 1.82) is 0 Å². The first-order chi connectivity index (χ1) is 10.6. The molecule has 0 radical (unpaired) electrons. The Morgan fingerprint density at radius 3 is 3.00 bits per heavy atom. The first-order valence-electron chi connectivity index (χ1n) is 7.65. The third-order valence-corrected chi connectivity index (χ3v) is 5.48. The van der Waals surface area contributed by atoms with Gasteiger partial charge >= 0.3 is 6.09 Å². The molecule has 2 aromatic rings. The summed E-state index contributed by atoms with van der Waals surface area (Å²) in [5.41, 5.74) is 0.752. The molecule has 0 aliphatic carbocycles. The van der Waals surface area contributed by atoms with E-state index in [2.05, 4.69) is 17.0 Å². The molecule has 0 N–H and O–H groups in total. The quantitative estimate of drug-likeness (QED) is 0.854. The standard InChI is InChI=1S/C16H19N3O2S/c1-18-10-16(21-15(18)20)7-4-8-19(11-16)9-14-17-12-5-2-3-6-13(12)22-14/h2-3,5-6H,4,7-11H2,1H3. The van der Waals surface area contributed by atoms with Gasteiger partial charge in [0.15, 0.2) is 0 Å². The van der Waals surface area contributed by atoms with Crippen LogP contribution in [-0.4, -0.2) is 53.2 Å². The zero-order valence-corrected chi connectivity index (χ0v) is 13.4. The average Bonchev–Trinajstić information content (AvgIpc) is 3.00. The summed E-state index contributed by atoms with van der Waals surface area (Å²) in [6, 6.07) is 8.24. The van der Waals surface area contributed by atoms with Crippen molar-refractivity contribution in [3.05, 3.63) is 29.3 Å². The number of nitrogens with zero attached hydrogens (tertiary/aromatic N) is 3. The number of thiazole rings is 1. The van der Waals surface area contributed by atoms with Crippen LogP contribution in [-0.2, 0) is 11.3 Å². The van der Waals surface area contributed by atoms with E-state index in [1.165, 1.54) is 4.70 Å². The van der Waals surface area contributed by atoms with Crippen LogP contribution in [0.4, 0.5) is 4.79 Å². The predicted octanol–water partition coefficient (Wildman–Crippen LogP) is 2.71. The molecule has 1 spiro atoms. The Bertz CT molecular complexity index is 683. The number of ether oxygens (including phenoxy) is 1. The minimum Gasteiger partial charge on any atom is -0.440 e. The molecule has 4 rings (SSSR count). The van der Waals surface area contributed by atoms with Gasteiger partial charge in [-0.2, -0.15) is 0 Å². The highest BCUT2D eigenvalue weighted by atomic mass is 32.1. The second-order valence-corrected chi connectivity index (χ2v) is 7.41. The first kappa shape index (κ1) is 14.0. The van der Waals surface area contributed by atoms with E-state index in [1.807, 2.05) is 19.2 Å². The fourth-order valence-electron chi connectivity index (χ4n) is 3.51. The molecular weight excluding hydrogens is 298 g/mol. The Hall–Kier alpha value is -1.66. The summed E-state index contributed by atoms with van der Waals surface area (Å²) in [6.07, 6.45) is 1.83. The number of carbonyl (C=O) groups excluding carboxylic acids is 1. The number of piperidine rings is 1. The third kappa shape index (κ3) is 2.46. The second kappa shape index (κ2) is 5.21. The van der Waals surface area contributed by atoms with Crippen molar-refractivity contribution >= 4 is 27.6 Å². The van der Waals surface area contributed by atoms with Crippen molar-refractivity contribution in [2.24, 2.45) is 0 Å². The molecule has 0 bridgehead atoms. The third-order valence-electron chi connectivity index (χ3n) is 4.46. The number of likely N-dealkylation sites (N-methyl/N-ethyl adjacent to an activating group) is 1. The number of amides is 1. The van der Waals surface area contributed by atoms with Crippen LogP contribution < -0.4 is 0 Å². The smallest absolute Gasteiger partial charge is 0.410 e. The number of rotatable bonds is 2. The molecule has 0 saturated carbocycles. The van der Waals surface area contributed by atoms with Crippen molar-refractivity contribution < 1.29 is 9.53 Å². The Balaban J connectivity index is 1.50. The van der Waals surface area contributed by atoms with Crippen LogP contribution in [0.1, 0.15) is 17.8 Å². The average molecular weight is 317 g/mol. The van der Waals surface area contributed by atoms with E-state index in [1.54, 1.807) is 16.2 Å². The van der Waals surface area contributed by atoms with Crippen LogP contribution >= 0.6 is 11.3 Å². The van der Waals surface area contributed by atoms with Gasteiger partial charge in [-0.05, 0) is 31.5 Å². The van der Waals surface area contributed by atoms with Gasteiger partial charge in [-0.3, -0.25) is 4.90 Å². The maximum atomic E-state index is 11.7. The summed E-state index contributed by atoms with van der Waals surface area (Å²) in [4.78, 5) is 20.5. The molecule has 2 aliphatic rings. The number of fused-ring (bicyclic) bond motifs is 1. The van der Waals surface area contributed by atoms with Gasteiger partial charge in [0.1, 0.15) is 10.6 Å². The minimum atomic E-state index is -0.319. The summed E-state index contributed by atoms with van der Waals surface area (Å²) < 4.78 is 6.89. The van der Waals surface area contributed by atoms with Crippen LogP contribution in [0.2, 0.25) is 0 Å². The minimum absolute atomic E-state index is 0.193. The fourth-order valence-corrected chi connectivity index (χ4v) is 4.52. The van der Waals surface area contributed by atoms with Gasteiger partial charge in [-0.25, -0.2) is 9.78 Å². The zero-order chi connectivity index (χ0) is 15.2. The summed E-state index contributed by atoms with van der Waals surface area (Å²) in [7, 11) is 1.81. The Morgan fingerprint density at radius 1 is 1.36 bits per heavy atom. The molecule has 1 aromatic carbocycles. The van der Waals surface area contributed by atoms with Crippen LogP contribution in [0, 0.1) is 0 Å². The summed E-state index contributed by atoms with van der Waals surface area (Å²) in [5.74, 6) is 0. The van der Waals surface area contributed by atoms with Gasteiger partial charge in [0.2, 0.25) is 0 Å². The number of hydrogen-bond donors (Lipinski definition) is 0. The van der Waals surface area contributed by atoms with Gasteiger partial charge in [0.25, 0.3) is 0 Å². The predicted molar refractivity (Wildman–Crippen MR) is 86.0 cm³/mol. The van der Waals surface area contributed by atoms with E-state index in [0.717, 1.165) is 43.0 Å². The molecule has 116 valence electrons. The lowest BCUT2D eigenvalue weighted by atomic mass is 9.93. The molecule has 6 heteroatoms. The maximum absolute atomic E-state index is 11.7. The van der Waals surface area contributed by atoms with Gasteiger partial charge in [0, 0.05) is 13.6 Å². The van der Waals surface area contributed by atoms with Gasteiger partial charge in [-0.15, -0.1) is 11.3 Å². The van der Waals surface area contributed by atoms with E-state index in [4.69, 9.17) is 9.72 Å². The summed E-state index contributed by atoms with van der Waals surface area (Å²) in [6.45, 7) is 3.38. The van der Waals surface area contributed by atoms with Crippen molar-refractivity contribution in [3.63, 3.8) is 0 Å². The highest BCUT2D eigenvalue weighted by molar-refractivity contribution is 7.18. The van der Waals surface area contributed by atoms with Gasteiger partial charge in [-0.1, -0.05) is 12.1 Å². The lowest BCUT2D eigenvalue weighted by molar-refractivity contribution is -0.0113. The SMILES string of the molecule is CN1CC2(CCCN(Cc3nc4ccccc4s3)C2)OC1=O. The molecule has 2 aliphatic heterocycles. The van der Waals surface area contributed by atoms with E-state index in [0.29, 0.717) is 6.54 Å². The maximum Gasteiger partial charge on any atom is 0.410 e. The number of benzene rings is 1. The van der Waals surface area contributed by atoms with Gasteiger partial charge in [0.05, 0.1) is 23.3 Å². The molecule has 2 saturated heterocycles. The van der Waals surface area contributed by atoms with E-state index >= 15 is 0 Å².